The van der Waals surface area contributed by atoms with Crippen LogP contribution < -0.4 is 0 Å². The fraction of sp³-hybridized carbons (Fsp3) is 0.980. The summed E-state index contributed by atoms with van der Waals surface area (Å²) in [4.78, 5) is 15.6. The van der Waals surface area contributed by atoms with E-state index in [1.54, 1.807) is 0 Å². The molecule has 0 aliphatic heterocycles. The second-order valence-corrected chi connectivity index (χ2v) is 21.7. The Morgan fingerprint density at radius 3 is 1.37 bits per heavy atom. The van der Waals surface area contributed by atoms with Gasteiger partial charge in [0.2, 0.25) is 0 Å². The fourth-order valence-electron chi connectivity index (χ4n) is 8.06. The first-order chi connectivity index (χ1) is 28.8. The number of esters is 1. The van der Waals surface area contributed by atoms with E-state index in [1.165, 1.54) is 154 Å². The van der Waals surface area contributed by atoms with E-state index in [2.05, 4.69) is 45.7 Å². The third-order valence-corrected chi connectivity index (χ3v) is 13.7. The first-order valence-electron chi connectivity index (χ1n) is 26.3. The third kappa shape index (κ3) is 41.3. The summed E-state index contributed by atoms with van der Waals surface area (Å²) < 4.78 is 25.2. The van der Waals surface area contributed by atoms with Crippen molar-refractivity contribution in [2.45, 2.75) is 272 Å². The minimum atomic E-state index is -2.27. The number of rotatable bonds is 49. The minimum absolute atomic E-state index is 0.0620. The first-order valence-corrected chi connectivity index (χ1v) is 29.1. The molecular formula is C51H105NO6Si. The lowest BCUT2D eigenvalue weighted by Crippen LogP contribution is -2.40. The van der Waals surface area contributed by atoms with Crippen molar-refractivity contribution in [2.24, 2.45) is 5.92 Å². The van der Waals surface area contributed by atoms with Crippen molar-refractivity contribution in [3.8, 4) is 0 Å². The Morgan fingerprint density at radius 2 is 0.864 bits per heavy atom. The van der Waals surface area contributed by atoms with Crippen LogP contribution in [-0.4, -0.2) is 76.9 Å². The van der Waals surface area contributed by atoms with Crippen LogP contribution in [0, 0.1) is 5.92 Å². The molecule has 0 aromatic heterocycles. The van der Waals surface area contributed by atoms with Gasteiger partial charge in [-0.25, -0.2) is 0 Å². The molecule has 1 N–H and O–H groups in total. The molecule has 0 aromatic rings. The first kappa shape index (κ1) is 58.5. The molecule has 354 valence electrons. The fourth-order valence-corrected chi connectivity index (χ4v) is 9.58. The average molecular weight is 856 g/mol. The highest BCUT2D eigenvalue weighted by atomic mass is 28.4. The second kappa shape index (κ2) is 45.5. The van der Waals surface area contributed by atoms with Gasteiger partial charge in [-0.3, -0.25) is 4.79 Å². The summed E-state index contributed by atoms with van der Waals surface area (Å²) in [7, 11) is -2.27. The molecule has 0 radical (unpaired) electrons. The van der Waals surface area contributed by atoms with Gasteiger partial charge in [0.1, 0.15) is 6.29 Å². The Morgan fingerprint density at radius 1 is 0.475 bits per heavy atom. The van der Waals surface area contributed by atoms with Crippen molar-refractivity contribution in [1.82, 2.24) is 4.90 Å². The zero-order chi connectivity index (χ0) is 43.3. The van der Waals surface area contributed by atoms with Gasteiger partial charge in [0.15, 0.2) is 0 Å². The largest absolute Gasteiger partial charge is 0.465 e. The summed E-state index contributed by atoms with van der Waals surface area (Å²) in [6, 6.07) is 0. The smallest absolute Gasteiger partial charge is 0.333 e. The predicted molar refractivity (Wildman–Crippen MR) is 257 cm³/mol. The molecule has 0 bridgehead atoms. The molecule has 0 saturated heterocycles. The van der Waals surface area contributed by atoms with Crippen LogP contribution in [-0.2, 0) is 23.1 Å². The molecule has 0 saturated carbocycles. The van der Waals surface area contributed by atoms with E-state index < -0.39 is 8.56 Å². The summed E-state index contributed by atoms with van der Waals surface area (Å²) in [6.07, 6.45) is 41.8. The molecule has 0 aliphatic rings. The van der Waals surface area contributed by atoms with Gasteiger partial charge < -0.3 is 28.3 Å². The zero-order valence-corrected chi connectivity index (χ0v) is 41.8. The summed E-state index contributed by atoms with van der Waals surface area (Å²) in [5, 5.41) is 9.37. The number of aliphatic hydroxyl groups excluding tert-OH is 1. The normalized spacial score (nSPS) is 13.1. The highest BCUT2D eigenvalue weighted by molar-refractivity contribution is 6.64. The van der Waals surface area contributed by atoms with Crippen molar-refractivity contribution in [3.63, 3.8) is 0 Å². The molecule has 0 rings (SSSR count). The Balaban J connectivity index is 4.47. The lowest BCUT2D eigenvalue weighted by molar-refractivity contribution is -0.149. The van der Waals surface area contributed by atoms with Gasteiger partial charge in [0.05, 0.1) is 12.5 Å². The number of ether oxygens (including phenoxy) is 2. The lowest BCUT2D eigenvalue weighted by atomic mass is 9.94. The summed E-state index contributed by atoms with van der Waals surface area (Å²) in [5.74, 6) is 0.157. The summed E-state index contributed by atoms with van der Waals surface area (Å²) in [6.45, 7) is 19.2. The lowest BCUT2D eigenvalue weighted by Gasteiger charge is -2.29. The molecule has 2 unspecified atom stereocenters. The van der Waals surface area contributed by atoms with Gasteiger partial charge in [0, 0.05) is 19.8 Å². The van der Waals surface area contributed by atoms with Crippen LogP contribution in [0.2, 0.25) is 13.1 Å². The van der Waals surface area contributed by atoms with Crippen molar-refractivity contribution < 1.29 is 28.2 Å². The highest BCUT2D eigenvalue weighted by Crippen LogP contribution is 2.22. The molecule has 0 heterocycles. The molecule has 8 heteroatoms. The highest BCUT2D eigenvalue weighted by Gasteiger charge is 2.29. The van der Waals surface area contributed by atoms with Gasteiger partial charge in [-0.05, 0) is 103 Å². The Hall–Kier alpha value is -0.513. The van der Waals surface area contributed by atoms with E-state index in [1.807, 2.05) is 0 Å². The van der Waals surface area contributed by atoms with Crippen LogP contribution in [0.25, 0.3) is 0 Å². The molecule has 2 atom stereocenters. The standard InChI is InChI=1S/C51H105NO6Si/c1-7-11-15-19-22-30-40-49(39-29-18-14-10-4)51(54)56-47-37-27-24-32-42-52(44-34-35-45-53)43-33-25-28-38-48-57-59(5,6)58-50(41-31-23-20-16-12-8-2)55-46-36-26-21-17-13-9-3/h49-50,53H,7-48H2,1-6H3. The maximum Gasteiger partial charge on any atom is 0.333 e. The molecule has 7 nitrogen and oxygen atoms in total. The van der Waals surface area contributed by atoms with Crippen LogP contribution in [0.4, 0.5) is 0 Å². The quantitative estimate of drug-likeness (QED) is 0.0283. The maximum absolute atomic E-state index is 13.0. The molecule has 0 spiro atoms. The van der Waals surface area contributed by atoms with Crippen LogP contribution in [0.3, 0.4) is 0 Å². The second-order valence-electron chi connectivity index (χ2n) is 18.4. The van der Waals surface area contributed by atoms with Crippen LogP contribution >= 0.6 is 0 Å². The average Bonchev–Trinajstić information content (AvgIpc) is 3.22. The predicted octanol–water partition coefficient (Wildman–Crippen LogP) is 15.3. The topological polar surface area (TPSA) is 77.5 Å². The van der Waals surface area contributed by atoms with E-state index in [0.29, 0.717) is 6.61 Å². The maximum atomic E-state index is 13.0. The van der Waals surface area contributed by atoms with Gasteiger partial charge in [-0.1, -0.05) is 182 Å². The van der Waals surface area contributed by atoms with Gasteiger partial charge in [0.25, 0.3) is 0 Å². The van der Waals surface area contributed by atoms with E-state index in [0.717, 1.165) is 103 Å². The van der Waals surface area contributed by atoms with Gasteiger partial charge >= 0.3 is 14.5 Å². The van der Waals surface area contributed by atoms with Crippen LogP contribution in [0.5, 0.6) is 0 Å². The van der Waals surface area contributed by atoms with Crippen molar-refractivity contribution in [3.05, 3.63) is 0 Å². The van der Waals surface area contributed by atoms with Gasteiger partial charge in [-0.2, -0.15) is 0 Å². The number of hydrogen-bond acceptors (Lipinski definition) is 7. The number of aliphatic hydroxyl groups is 1. The van der Waals surface area contributed by atoms with E-state index >= 15 is 0 Å². The number of hydrogen-bond donors (Lipinski definition) is 1. The molecule has 59 heavy (non-hydrogen) atoms. The number of carbonyl (C=O) groups excluding carboxylic acids is 1. The zero-order valence-electron chi connectivity index (χ0n) is 40.8. The number of carbonyl (C=O) groups is 1. The van der Waals surface area contributed by atoms with Crippen LogP contribution in [0.15, 0.2) is 0 Å². The van der Waals surface area contributed by atoms with Gasteiger partial charge in [-0.15, -0.1) is 0 Å². The Kier molecular flexibility index (Phi) is 45.1. The summed E-state index contributed by atoms with van der Waals surface area (Å²) in [5.41, 5.74) is 0. The van der Waals surface area contributed by atoms with E-state index in [-0.39, 0.29) is 24.8 Å². The van der Waals surface area contributed by atoms with E-state index in [9.17, 15) is 9.90 Å². The number of unbranched alkanes of at least 4 members (excludes halogenated alkanes) is 25. The Bertz CT molecular complexity index is 847. The van der Waals surface area contributed by atoms with Crippen molar-refractivity contribution in [1.29, 1.82) is 0 Å². The number of nitrogens with zero attached hydrogens (tertiary/aromatic N) is 1. The summed E-state index contributed by atoms with van der Waals surface area (Å²) >= 11 is 0. The minimum Gasteiger partial charge on any atom is -0.465 e. The molecule has 0 aromatic carbocycles. The SMILES string of the molecule is CCCCCCCCOC(CCCCCCCC)O[Si](C)(C)OCCCCCCN(CCCCO)CCCCCCOC(=O)C(CCCCCC)CCCCCCCC. The van der Waals surface area contributed by atoms with Crippen molar-refractivity contribution in [2.75, 3.05) is 46.1 Å². The molecule has 0 amide bonds. The molecule has 0 aliphatic carbocycles. The molecule has 0 fully saturated rings. The molecular weight excluding hydrogens is 751 g/mol. The third-order valence-electron chi connectivity index (χ3n) is 12.0. The Labute approximate surface area is 370 Å². The van der Waals surface area contributed by atoms with Crippen LogP contribution in [0.1, 0.15) is 252 Å². The monoisotopic (exact) mass is 856 g/mol. The van der Waals surface area contributed by atoms with E-state index in [4.69, 9.17) is 18.3 Å². The van der Waals surface area contributed by atoms with Crippen molar-refractivity contribution >= 4 is 14.5 Å².